The fourth-order valence-electron chi connectivity index (χ4n) is 3.64. The smallest absolute Gasteiger partial charge is 0.150 e. The summed E-state index contributed by atoms with van der Waals surface area (Å²) >= 11 is 0. The third-order valence-corrected chi connectivity index (χ3v) is 4.71. The SMILES string of the molecule is CCCC(=O)C(N(C)C)C1(c2ccc(C)cc2)CCC1. The lowest BCUT2D eigenvalue weighted by molar-refractivity contribution is -0.127. The van der Waals surface area contributed by atoms with Crippen LogP contribution in [0.1, 0.15) is 50.2 Å². The lowest BCUT2D eigenvalue weighted by Gasteiger charge is -2.50. The molecule has 1 saturated carbocycles. The van der Waals surface area contributed by atoms with Crippen LogP contribution in [0.2, 0.25) is 0 Å². The molecule has 1 aliphatic carbocycles. The predicted molar refractivity (Wildman–Crippen MR) is 84.1 cm³/mol. The summed E-state index contributed by atoms with van der Waals surface area (Å²) in [6.07, 6.45) is 5.13. The van der Waals surface area contributed by atoms with Gasteiger partial charge in [-0.25, -0.2) is 0 Å². The average Bonchev–Trinajstić information content (AvgIpc) is 2.34. The Hall–Kier alpha value is -1.15. The normalized spacial score (nSPS) is 18.6. The van der Waals surface area contributed by atoms with Crippen molar-refractivity contribution in [2.24, 2.45) is 0 Å². The second kappa shape index (κ2) is 6.09. The highest BCUT2D eigenvalue weighted by Crippen LogP contribution is 2.48. The van der Waals surface area contributed by atoms with Crippen molar-refractivity contribution < 1.29 is 4.79 Å². The zero-order chi connectivity index (χ0) is 14.8. The van der Waals surface area contributed by atoms with Crippen molar-refractivity contribution in [3.05, 3.63) is 35.4 Å². The molecule has 0 amide bonds. The number of carbonyl (C=O) groups excluding carboxylic acids is 1. The quantitative estimate of drug-likeness (QED) is 0.787. The largest absolute Gasteiger partial charge is 0.299 e. The lowest BCUT2D eigenvalue weighted by Crippen LogP contribution is -2.56. The molecule has 0 N–H and O–H groups in total. The summed E-state index contributed by atoms with van der Waals surface area (Å²) in [5, 5.41) is 0. The van der Waals surface area contributed by atoms with Gasteiger partial charge >= 0.3 is 0 Å². The summed E-state index contributed by atoms with van der Waals surface area (Å²) < 4.78 is 0. The fourth-order valence-corrected chi connectivity index (χ4v) is 3.64. The zero-order valence-electron chi connectivity index (χ0n) is 13.3. The summed E-state index contributed by atoms with van der Waals surface area (Å²) in [6.45, 7) is 4.20. The van der Waals surface area contributed by atoms with Crippen molar-refractivity contribution in [3.63, 3.8) is 0 Å². The number of hydrogen-bond acceptors (Lipinski definition) is 2. The maximum atomic E-state index is 12.6. The monoisotopic (exact) mass is 273 g/mol. The highest BCUT2D eigenvalue weighted by molar-refractivity contribution is 5.86. The Morgan fingerprint density at radius 3 is 2.25 bits per heavy atom. The van der Waals surface area contributed by atoms with E-state index in [4.69, 9.17) is 0 Å². The number of benzene rings is 1. The molecule has 0 aliphatic heterocycles. The standard InChI is InChI=1S/C18H27NO/c1-5-7-16(20)17(19(3)4)18(12-6-13-18)15-10-8-14(2)9-11-15/h8-11,17H,5-7,12-13H2,1-4H3. The molecule has 2 nitrogen and oxygen atoms in total. The number of likely N-dealkylation sites (N-methyl/N-ethyl adjacent to an activating group) is 1. The van der Waals surface area contributed by atoms with Gasteiger partial charge in [-0.2, -0.15) is 0 Å². The van der Waals surface area contributed by atoms with Gasteiger partial charge in [0.2, 0.25) is 0 Å². The number of ketones is 1. The van der Waals surface area contributed by atoms with E-state index in [1.54, 1.807) is 0 Å². The van der Waals surface area contributed by atoms with Crippen LogP contribution in [-0.4, -0.2) is 30.8 Å². The van der Waals surface area contributed by atoms with Gasteiger partial charge in [0.25, 0.3) is 0 Å². The summed E-state index contributed by atoms with van der Waals surface area (Å²) in [4.78, 5) is 14.8. The first-order valence-corrected chi connectivity index (χ1v) is 7.77. The minimum atomic E-state index is 0.0268. The van der Waals surface area contributed by atoms with Crippen LogP contribution < -0.4 is 0 Å². The van der Waals surface area contributed by atoms with E-state index in [9.17, 15) is 4.79 Å². The van der Waals surface area contributed by atoms with Gasteiger partial charge in [-0.05, 0) is 45.8 Å². The van der Waals surface area contributed by atoms with Crippen molar-refractivity contribution in [3.8, 4) is 0 Å². The van der Waals surface area contributed by atoms with Gasteiger partial charge in [-0.3, -0.25) is 9.69 Å². The van der Waals surface area contributed by atoms with E-state index in [0.29, 0.717) is 12.2 Å². The van der Waals surface area contributed by atoms with Crippen LogP contribution in [0.5, 0.6) is 0 Å². The van der Waals surface area contributed by atoms with Crippen LogP contribution in [0, 0.1) is 6.92 Å². The molecule has 1 unspecified atom stereocenters. The van der Waals surface area contributed by atoms with E-state index in [2.05, 4.69) is 43.0 Å². The first kappa shape index (κ1) is 15.2. The molecule has 0 aromatic heterocycles. The summed E-state index contributed by atoms with van der Waals surface area (Å²) in [5.74, 6) is 0.401. The third kappa shape index (κ3) is 2.67. The molecular formula is C18H27NO. The van der Waals surface area contributed by atoms with Crippen LogP contribution in [0.25, 0.3) is 0 Å². The van der Waals surface area contributed by atoms with E-state index >= 15 is 0 Å². The Balaban J connectivity index is 2.36. The van der Waals surface area contributed by atoms with Crippen LogP contribution in [0.4, 0.5) is 0 Å². The Kier molecular flexibility index (Phi) is 4.64. The van der Waals surface area contributed by atoms with Crippen molar-refractivity contribution in [1.82, 2.24) is 4.90 Å². The highest BCUT2D eigenvalue weighted by atomic mass is 16.1. The van der Waals surface area contributed by atoms with Gasteiger partial charge in [0.15, 0.2) is 5.78 Å². The van der Waals surface area contributed by atoms with Crippen LogP contribution in [-0.2, 0) is 10.2 Å². The molecule has 1 aromatic carbocycles. The van der Waals surface area contributed by atoms with Crippen LogP contribution in [0.15, 0.2) is 24.3 Å². The van der Waals surface area contributed by atoms with Crippen molar-refractivity contribution >= 4 is 5.78 Å². The Labute approximate surface area is 123 Å². The second-order valence-corrected chi connectivity index (χ2v) is 6.46. The molecule has 0 spiro atoms. The molecule has 0 radical (unpaired) electrons. The average molecular weight is 273 g/mol. The molecule has 2 rings (SSSR count). The number of Topliss-reactive ketones (excluding diaryl/α,β-unsaturated/α-hetero) is 1. The molecule has 110 valence electrons. The second-order valence-electron chi connectivity index (χ2n) is 6.46. The third-order valence-electron chi connectivity index (χ3n) is 4.71. The maximum absolute atomic E-state index is 12.6. The fraction of sp³-hybridized carbons (Fsp3) is 0.611. The highest BCUT2D eigenvalue weighted by Gasteiger charge is 2.49. The molecule has 0 saturated heterocycles. The van der Waals surface area contributed by atoms with Gasteiger partial charge in [0, 0.05) is 11.8 Å². The summed E-state index contributed by atoms with van der Waals surface area (Å²) in [5.41, 5.74) is 2.67. The molecule has 1 aliphatic rings. The molecule has 1 aromatic rings. The summed E-state index contributed by atoms with van der Waals surface area (Å²) in [6, 6.07) is 8.83. The van der Waals surface area contributed by atoms with E-state index in [1.165, 1.54) is 17.5 Å². The first-order valence-electron chi connectivity index (χ1n) is 7.77. The number of aryl methyl sites for hydroxylation is 1. The topological polar surface area (TPSA) is 20.3 Å². The Morgan fingerprint density at radius 1 is 1.25 bits per heavy atom. The molecule has 1 fully saturated rings. The first-order chi connectivity index (χ1) is 9.51. The van der Waals surface area contributed by atoms with Crippen molar-refractivity contribution in [1.29, 1.82) is 0 Å². The van der Waals surface area contributed by atoms with E-state index in [0.717, 1.165) is 19.3 Å². The van der Waals surface area contributed by atoms with Gasteiger partial charge in [0.1, 0.15) is 0 Å². The minimum Gasteiger partial charge on any atom is -0.299 e. The number of nitrogens with zero attached hydrogens (tertiary/aromatic N) is 1. The van der Waals surface area contributed by atoms with Gasteiger partial charge in [-0.1, -0.05) is 43.2 Å². The van der Waals surface area contributed by atoms with Gasteiger partial charge in [0.05, 0.1) is 6.04 Å². The number of carbonyl (C=O) groups is 1. The Bertz CT molecular complexity index is 457. The molecule has 0 heterocycles. The maximum Gasteiger partial charge on any atom is 0.150 e. The zero-order valence-corrected chi connectivity index (χ0v) is 13.3. The molecule has 0 bridgehead atoms. The van der Waals surface area contributed by atoms with Crippen molar-refractivity contribution in [2.75, 3.05) is 14.1 Å². The minimum absolute atomic E-state index is 0.0268. The number of rotatable bonds is 6. The van der Waals surface area contributed by atoms with Crippen LogP contribution >= 0.6 is 0 Å². The predicted octanol–water partition coefficient (Wildman–Crippen LogP) is 3.72. The van der Waals surface area contributed by atoms with E-state index in [1.807, 2.05) is 14.1 Å². The van der Waals surface area contributed by atoms with Crippen molar-refractivity contribution in [2.45, 2.75) is 57.4 Å². The Morgan fingerprint density at radius 2 is 1.85 bits per heavy atom. The lowest BCUT2D eigenvalue weighted by atomic mass is 9.58. The van der Waals surface area contributed by atoms with E-state index < -0.39 is 0 Å². The van der Waals surface area contributed by atoms with E-state index in [-0.39, 0.29) is 11.5 Å². The van der Waals surface area contributed by atoms with Gasteiger partial charge in [-0.15, -0.1) is 0 Å². The molecule has 20 heavy (non-hydrogen) atoms. The molecule has 1 atom stereocenters. The number of hydrogen-bond donors (Lipinski definition) is 0. The molecule has 2 heteroatoms. The molecular weight excluding hydrogens is 246 g/mol. The summed E-state index contributed by atoms with van der Waals surface area (Å²) in [7, 11) is 4.10. The van der Waals surface area contributed by atoms with Crippen LogP contribution in [0.3, 0.4) is 0 Å². The van der Waals surface area contributed by atoms with Gasteiger partial charge < -0.3 is 0 Å².